The van der Waals surface area contributed by atoms with E-state index in [4.69, 9.17) is 24.2 Å². The third kappa shape index (κ3) is 10.2. The molecule has 4 aromatic rings. The van der Waals surface area contributed by atoms with Gasteiger partial charge in [0.2, 0.25) is 0 Å². The van der Waals surface area contributed by atoms with Crippen LogP contribution in [-0.4, -0.2) is 70.3 Å². The zero-order valence-corrected chi connectivity index (χ0v) is 29.6. The number of ether oxygens (including phenoxy) is 4. The van der Waals surface area contributed by atoms with E-state index in [0.717, 1.165) is 18.2 Å². The lowest BCUT2D eigenvalue weighted by Gasteiger charge is -2.40. The fourth-order valence-corrected chi connectivity index (χ4v) is 6.91. The molecule has 2 heterocycles. The molecule has 3 aromatic carbocycles. The van der Waals surface area contributed by atoms with E-state index in [2.05, 4.69) is 15.4 Å². The van der Waals surface area contributed by atoms with Crippen LogP contribution in [0.25, 0.3) is 6.08 Å². The van der Waals surface area contributed by atoms with E-state index in [1.54, 1.807) is 56.5 Å². The second kappa shape index (κ2) is 18.5. The van der Waals surface area contributed by atoms with Gasteiger partial charge in [-0.1, -0.05) is 42.5 Å². The lowest BCUT2D eigenvalue weighted by molar-refractivity contribution is -0.146. The molecule has 0 bridgehead atoms. The fourth-order valence-electron chi connectivity index (χ4n) is 5.54. The molecule has 15 heteroatoms. The minimum Gasteiger partial charge on any atom is -0.460 e. The Balaban J connectivity index is 1.36. The number of carbonyl (C=O) groups is 2. The van der Waals surface area contributed by atoms with Crippen molar-refractivity contribution in [2.24, 2.45) is 0 Å². The molecule has 1 aliphatic heterocycles. The van der Waals surface area contributed by atoms with Crippen molar-refractivity contribution >= 4 is 29.8 Å². The molecule has 0 spiro atoms. The average molecular weight is 748 g/mol. The van der Waals surface area contributed by atoms with Gasteiger partial charge >= 0.3 is 11.9 Å². The molecule has 2 atom stereocenters. The van der Waals surface area contributed by atoms with Crippen molar-refractivity contribution < 1.29 is 41.7 Å². The highest BCUT2D eigenvalue weighted by Crippen LogP contribution is 2.42. The second-order valence-corrected chi connectivity index (χ2v) is 13.5. The number of carbonyl (C=O) groups excluding carboxylic acids is 2. The molecule has 11 nitrogen and oxygen atoms in total. The zero-order chi connectivity index (χ0) is 37.8. The van der Waals surface area contributed by atoms with Crippen LogP contribution in [0.2, 0.25) is 0 Å². The number of nitrogens with zero attached hydrogens (tertiary/aromatic N) is 4. The molecular formula is C38H36F3N5O6S. The van der Waals surface area contributed by atoms with Gasteiger partial charge in [-0.15, -0.1) is 11.8 Å². The lowest BCUT2D eigenvalue weighted by atomic mass is 9.89. The summed E-state index contributed by atoms with van der Waals surface area (Å²) in [6, 6.07) is 15.5. The van der Waals surface area contributed by atoms with Crippen molar-refractivity contribution in [3.8, 4) is 6.07 Å². The van der Waals surface area contributed by atoms with Crippen LogP contribution in [-0.2, 0) is 42.5 Å². The molecule has 1 fully saturated rings. The van der Waals surface area contributed by atoms with Crippen LogP contribution in [0.5, 0.6) is 0 Å². The topological polar surface area (TPSA) is 138 Å². The largest absolute Gasteiger partial charge is 0.460 e. The third-order valence-corrected chi connectivity index (χ3v) is 9.65. The molecule has 0 unspecified atom stereocenters. The summed E-state index contributed by atoms with van der Waals surface area (Å²) in [5, 5.41) is 14.8. The van der Waals surface area contributed by atoms with Gasteiger partial charge in [0.1, 0.15) is 36.7 Å². The van der Waals surface area contributed by atoms with E-state index in [-0.39, 0.29) is 54.9 Å². The molecule has 5 rings (SSSR count). The molecule has 0 saturated carbocycles. The van der Waals surface area contributed by atoms with Crippen LogP contribution in [0.3, 0.4) is 0 Å². The van der Waals surface area contributed by atoms with E-state index >= 15 is 4.39 Å². The summed E-state index contributed by atoms with van der Waals surface area (Å²) in [4.78, 5) is 30.2. The maximum Gasteiger partial charge on any atom is 0.339 e. The van der Waals surface area contributed by atoms with Crippen molar-refractivity contribution in [2.75, 3.05) is 26.8 Å². The molecule has 0 aliphatic carbocycles. The van der Waals surface area contributed by atoms with Gasteiger partial charge in [0, 0.05) is 28.0 Å². The summed E-state index contributed by atoms with van der Waals surface area (Å²) in [7, 11) is 1.60. The first kappa shape index (κ1) is 38.9. The minimum absolute atomic E-state index is 0.0317. The molecule has 276 valence electrons. The van der Waals surface area contributed by atoms with E-state index in [0.29, 0.717) is 11.1 Å². The predicted octanol–water partition coefficient (Wildman–Crippen LogP) is 5.71. The number of halogens is 3. The molecule has 1 aromatic heterocycles. The molecule has 1 saturated heterocycles. The number of allylic oxidation sites excluding steroid dienone is 2. The number of nitriles is 1. The number of rotatable bonds is 15. The molecule has 53 heavy (non-hydrogen) atoms. The summed E-state index contributed by atoms with van der Waals surface area (Å²) >= 11 is 1.32. The average Bonchev–Trinajstić information content (AvgIpc) is 3.66. The normalized spacial score (nSPS) is 17.7. The number of aromatic nitrogens is 3. The maximum atomic E-state index is 15.8. The number of likely N-dealkylation sites (N-methyl/N-ethyl adjacent to an activating group) is 1. The highest BCUT2D eigenvalue weighted by Gasteiger charge is 2.47. The Hall–Kier alpha value is -5.27. The van der Waals surface area contributed by atoms with E-state index in [1.807, 2.05) is 6.07 Å². The number of nitrogens with one attached hydrogen (secondary N) is 1. The van der Waals surface area contributed by atoms with Crippen LogP contribution in [0.4, 0.5) is 13.2 Å². The molecule has 0 radical (unpaired) electrons. The van der Waals surface area contributed by atoms with Crippen molar-refractivity contribution in [1.82, 2.24) is 20.1 Å². The van der Waals surface area contributed by atoms with Crippen LogP contribution in [0.15, 0.2) is 91.5 Å². The number of hydrogen-bond acceptors (Lipinski definition) is 11. The number of hydrogen-bond donors (Lipinski definition) is 1. The van der Waals surface area contributed by atoms with Gasteiger partial charge in [0.15, 0.2) is 11.9 Å². The summed E-state index contributed by atoms with van der Waals surface area (Å²) < 4.78 is 69.2. The summed E-state index contributed by atoms with van der Waals surface area (Å²) in [6.07, 6.45) is 8.45. The highest BCUT2D eigenvalue weighted by molar-refractivity contribution is 8.00. The molecule has 1 N–H and O–H groups in total. The van der Waals surface area contributed by atoms with Gasteiger partial charge in [0.05, 0.1) is 48.7 Å². The summed E-state index contributed by atoms with van der Waals surface area (Å²) in [6.45, 7) is 1.72. The van der Waals surface area contributed by atoms with Crippen molar-refractivity contribution in [3.05, 3.63) is 137 Å². The van der Waals surface area contributed by atoms with Crippen LogP contribution in [0.1, 0.15) is 39.5 Å². The highest BCUT2D eigenvalue weighted by atomic mass is 32.2. The summed E-state index contributed by atoms with van der Waals surface area (Å²) in [5.41, 5.74) is -0.893. The first-order valence-electron chi connectivity index (χ1n) is 16.4. The number of esters is 2. The SMILES string of the molecule is CNCC(=O)OCc1ccccc1C(=O)O[C@@](Cn1cncn1)(c1ccc(F)cc1F)[C@@H](C)SC1COC(/C=C/C=C/c2ccc(C#N)cc2F)OC1. The van der Waals surface area contributed by atoms with Crippen molar-refractivity contribution in [2.45, 2.75) is 42.5 Å². The standard InChI is InChI=1S/C38H36F3N5O6S/c1-25(53-30-20-50-36(51-21-30)10-6-4-7-27-12-11-26(17-42)15-33(27)40)38(22-46-24-44-23-45-46,32-14-13-29(39)16-34(32)41)52-37(48)31-9-5-3-8-28(31)19-49-35(47)18-43-2/h3-16,23-25,30,36,43H,18-22H2,1-2H3/b7-4+,10-6+/t25-,30?,36?,38-/m1/s1. The molecule has 1 aliphatic rings. The van der Waals surface area contributed by atoms with E-state index in [9.17, 15) is 18.4 Å². The predicted molar refractivity (Wildman–Crippen MR) is 189 cm³/mol. The van der Waals surface area contributed by atoms with Crippen LogP contribution >= 0.6 is 11.8 Å². The number of thioether (sulfide) groups is 1. The second-order valence-electron chi connectivity index (χ2n) is 11.9. The first-order valence-corrected chi connectivity index (χ1v) is 17.4. The quantitative estimate of drug-likeness (QED) is 0.118. The Labute approximate surface area is 308 Å². The van der Waals surface area contributed by atoms with E-state index in [1.165, 1.54) is 53.4 Å². The van der Waals surface area contributed by atoms with Gasteiger partial charge in [0.25, 0.3) is 0 Å². The maximum absolute atomic E-state index is 15.8. The molecule has 0 amide bonds. The van der Waals surface area contributed by atoms with Gasteiger partial charge in [-0.2, -0.15) is 10.4 Å². The minimum atomic E-state index is -1.79. The van der Waals surface area contributed by atoms with Gasteiger partial charge in [-0.05, 0) is 50.4 Å². The Morgan fingerprint density at radius 3 is 2.60 bits per heavy atom. The monoisotopic (exact) mass is 747 g/mol. The van der Waals surface area contributed by atoms with E-state index < -0.39 is 46.5 Å². The van der Waals surface area contributed by atoms with Crippen molar-refractivity contribution in [3.63, 3.8) is 0 Å². The Bertz CT molecular complexity index is 1980. The van der Waals surface area contributed by atoms with Crippen LogP contribution < -0.4 is 5.32 Å². The first-order chi connectivity index (χ1) is 25.6. The smallest absolute Gasteiger partial charge is 0.339 e. The molecular weight excluding hydrogens is 712 g/mol. The number of benzene rings is 3. The lowest BCUT2D eigenvalue weighted by Crippen LogP contribution is -2.47. The van der Waals surface area contributed by atoms with Gasteiger partial charge in [-0.3, -0.25) is 4.79 Å². The summed E-state index contributed by atoms with van der Waals surface area (Å²) in [5.74, 6) is -3.63. The Morgan fingerprint density at radius 1 is 1.11 bits per heavy atom. The van der Waals surface area contributed by atoms with Crippen LogP contribution in [0, 0.1) is 28.8 Å². The van der Waals surface area contributed by atoms with Crippen molar-refractivity contribution in [1.29, 1.82) is 5.26 Å². The Kier molecular flexibility index (Phi) is 13.6. The fraction of sp³-hybridized carbons (Fsp3) is 0.289. The Morgan fingerprint density at radius 2 is 1.91 bits per heavy atom. The third-order valence-electron chi connectivity index (χ3n) is 8.20. The van der Waals surface area contributed by atoms with Gasteiger partial charge in [-0.25, -0.2) is 27.6 Å². The van der Waals surface area contributed by atoms with Gasteiger partial charge < -0.3 is 24.3 Å². The zero-order valence-electron chi connectivity index (χ0n) is 28.8.